The molecule has 0 aliphatic carbocycles. The van der Waals surface area contributed by atoms with Gasteiger partial charge in [0.25, 0.3) is 11.5 Å². The molecular formula is C19H23F3N4O3. The molecule has 2 rings (SSSR count). The van der Waals surface area contributed by atoms with Gasteiger partial charge in [0.1, 0.15) is 5.82 Å². The van der Waals surface area contributed by atoms with Crippen LogP contribution in [0.5, 0.6) is 0 Å². The number of alkyl halides is 3. The minimum Gasteiger partial charge on any atom is -0.383 e. The van der Waals surface area contributed by atoms with Crippen molar-refractivity contribution in [2.24, 2.45) is 0 Å². The third-order valence-corrected chi connectivity index (χ3v) is 4.35. The van der Waals surface area contributed by atoms with Gasteiger partial charge in [0.2, 0.25) is 0 Å². The number of benzene rings is 1. The Morgan fingerprint density at radius 1 is 1.21 bits per heavy atom. The van der Waals surface area contributed by atoms with E-state index in [1.807, 2.05) is 6.92 Å². The topological polar surface area (TPSA) is 101 Å². The number of nitrogens with two attached hydrogens (primary N) is 1. The number of nitrogens with zero attached hydrogens (tertiary/aromatic N) is 2. The van der Waals surface area contributed by atoms with E-state index in [-0.39, 0.29) is 30.2 Å². The monoisotopic (exact) mass is 412 g/mol. The van der Waals surface area contributed by atoms with E-state index >= 15 is 0 Å². The van der Waals surface area contributed by atoms with Crippen molar-refractivity contribution in [3.8, 4) is 0 Å². The zero-order valence-electron chi connectivity index (χ0n) is 16.2. The van der Waals surface area contributed by atoms with Gasteiger partial charge in [-0.3, -0.25) is 19.1 Å². The molecule has 0 radical (unpaired) electrons. The third-order valence-electron chi connectivity index (χ3n) is 4.35. The van der Waals surface area contributed by atoms with E-state index in [0.717, 1.165) is 34.1 Å². The maximum Gasteiger partial charge on any atom is 0.416 e. The van der Waals surface area contributed by atoms with Crippen LogP contribution in [0.1, 0.15) is 49.0 Å². The van der Waals surface area contributed by atoms with Crippen LogP contribution in [-0.2, 0) is 12.7 Å². The Labute approximate surface area is 165 Å². The Kier molecular flexibility index (Phi) is 6.89. The number of unbranched alkanes of at least 4 members (excludes halogenated alkanes) is 1. The van der Waals surface area contributed by atoms with Crippen molar-refractivity contribution in [1.29, 1.82) is 0 Å². The fraction of sp³-hybridized carbons (Fsp3) is 0.421. The summed E-state index contributed by atoms with van der Waals surface area (Å²) in [5.41, 5.74) is 3.01. The Morgan fingerprint density at radius 2 is 1.90 bits per heavy atom. The van der Waals surface area contributed by atoms with Gasteiger partial charge >= 0.3 is 11.9 Å². The van der Waals surface area contributed by atoms with Crippen LogP contribution in [0.2, 0.25) is 0 Å². The Morgan fingerprint density at radius 3 is 2.48 bits per heavy atom. The van der Waals surface area contributed by atoms with E-state index in [1.54, 1.807) is 6.92 Å². The van der Waals surface area contributed by atoms with Gasteiger partial charge in [-0.1, -0.05) is 26.3 Å². The lowest BCUT2D eigenvalue weighted by molar-refractivity contribution is -0.137. The molecule has 0 saturated carbocycles. The van der Waals surface area contributed by atoms with E-state index in [4.69, 9.17) is 5.73 Å². The number of carbonyl (C=O) groups excluding carboxylic acids is 1. The molecule has 1 aromatic carbocycles. The lowest BCUT2D eigenvalue weighted by Crippen LogP contribution is -2.41. The number of hydrogen-bond donors (Lipinski definition) is 2. The number of hydrogen-bond acceptors (Lipinski definition) is 4. The lowest BCUT2D eigenvalue weighted by atomic mass is 10.1. The number of rotatable bonds is 7. The van der Waals surface area contributed by atoms with Gasteiger partial charge in [0.15, 0.2) is 5.69 Å². The molecule has 0 bridgehead atoms. The van der Waals surface area contributed by atoms with Gasteiger partial charge in [-0.05, 0) is 31.0 Å². The number of halogens is 3. The van der Waals surface area contributed by atoms with E-state index < -0.39 is 28.9 Å². The standard InChI is InChI=1S/C19H23F3N4O3/c1-3-5-10-26-15(23)14(16(27)24-18(26)29)25(9-4-2)17(28)12-7-6-8-13(11-12)19(20,21)22/h6-8,11H,3-5,9-10,23H2,1-2H3,(H,24,27,29). The first-order valence-corrected chi connectivity index (χ1v) is 9.23. The van der Waals surface area contributed by atoms with Gasteiger partial charge in [-0.2, -0.15) is 13.2 Å². The minimum absolute atomic E-state index is 0.0361. The van der Waals surface area contributed by atoms with Crippen LogP contribution in [-0.4, -0.2) is 22.0 Å². The van der Waals surface area contributed by atoms with E-state index in [1.165, 1.54) is 6.07 Å². The van der Waals surface area contributed by atoms with Crippen LogP contribution >= 0.6 is 0 Å². The smallest absolute Gasteiger partial charge is 0.383 e. The van der Waals surface area contributed by atoms with Crippen LogP contribution in [0.3, 0.4) is 0 Å². The molecule has 2 aromatic rings. The number of nitrogen functional groups attached to an aromatic ring is 1. The van der Waals surface area contributed by atoms with Crippen LogP contribution in [0, 0.1) is 0 Å². The molecule has 0 atom stereocenters. The molecule has 1 heterocycles. The van der Waals surface area contributed by atoms with Crippen molar-refractivity contribution in [3.63, 3.8) is 0 Å². The molecule has 0 saturated heterocycles. The molecule has 0 unspecified atom stereocenters. The van der Waals surface area contributed by atoms with Gasteiger partial charge in [0, 0.05) is 18.7 Å². The minimum atomic E-state index is -4.62. The number of H-pyrrole nitrogens is 1. The number of carbonyl (C=O) groups is 1. The number of aromatic amines is 1. The molecule has 158 valence electrons. The highest BCUT2D eigenvalue weighted by atomic mass is 19.4. The summed E-state index contributed by atoms with van der Waals surface area (Å²) in [4.78, 5) is 40.7. The molecular weight excluding hydrogens is 389 g/mol. The molecule has 1 amide bonds. The average molecular weight is 412 g/mol. The Hall–Kier alpha value is -3.04. The quantitative estimate of drug-likeness (QED) is 0.730. The summed E-state index contributed by atoms with van der Waals surface area (Å²) in [6.45, 7) is 3.93. The number of nitrogens with one attached hydrogen (secondary N) is 1. The van der Waals surface area contributed by atoms with Gasteiger partial charge in [-0.25, -0.2) is 4.79 Å². The normalized spacial score (nSPS) is 11.5. The SMILES string of the molecule is CCCCn1c(N)c(N(CCC)C(=O)c2cccc(C(F)(F)F)c2)c(=O)[nH]c1=O. The third kappa shape index (κ3) is 4.87. The van der Waals surface area contributed by atoms with Crippen molar-refractivity contribution < 1.29 is 18.0 Å². The van der Waals surface area contributed by atoms with Crippen LogP contribution in [0.4, 0.5) is 24.7 Å². The fourth-order valence-electron chi connectivity index (χ4n) is 2.90. The average Bonchev–Trinajstić information content (AvgIpc) is 2.66. The highest BCUT2D eigenvalue weighted by Crippen LogP contribution is 2.30. The maximum atomic E-state index is 13.0. The van der Waals surface area contributed by atoms with Crippen molar-refractivity contribution in [3.05, 3.63) is 56.2 Å². The van der Waals surface area contributed by atoms with Crippen molar-refractivity contribution in [2.75, 3.05) is 17.2 Å². The second kappa shape index (κ2) is 8.97. The summed E-state index contributed by atoms with van der Waals surface area (Å²) >= 11 is 0. The second-order valence-corrected chi connectivity index (χ2v) is 6.53. The van der Waals surface area contributed by atoms with E-state index in [0.29, 0.717) is 12.8 Å². The van der Waals surface area contributed by atoms with E-state index in [2.05, 4.69) is 4.98 Å². The molecule has 0 spiro atoms. The first-order valence-electron chi connectivity index (χ1n) is 9.23. The molecule has 1 aromatic heterocycles. The zero-order valence-corrected chi connectivity index (χ0v) is 16.2. The highest BCUT2D eigenvalue weighted by Gasteiger charge is 2.32. The van der Waals surface area contributed by atoms with Crippen LogP contribution in [0.15, 0.2) is 33.9 Å². The van der Waals surface area contributed by atoms with Gasteiger partial charge in [0.05, 0.1) is 5.56 Å². The summed E-state index contributed by atoms with van der Waals surface area (Å²) in [6.07, 6.45) is -2.82. The predicted molar refractivity (Wildman–Crippen MR) is 104 cm³/mol. The predicted octanol–water partition coefficient (Wildman–Crippen LogP) is 2.99. The molecule has 7 nitrogen and oxygen atoms in total. The summed E-state index contributed by atoms with van der Waals surface area (Å²) in [5.74, 6) is -1.00. The molecule has 0 aliphatic heterocycles. The number of anilines is 2. The first kappa shape index (κ1) is 22.3. The fourth-order valence-corrected chi connectivity index (χ4v) is 2.90. The number of amides is 1. The maximum absolute atomic E-state index is 13.0. The van der Waals surface area contributed by atoms with Crippen LogP contribution in [0.25, 0.3) is 0 Å². The molecule has 29 heavy (non-hydrogen) atoms. The molecule has 3 N–H and O–H groups in total. The lowest BCUT2D eigenvalue weighted by Gasteiger charge is -2.24. The second-order valence-electron chi connectivity index (χ2n) is 6.53. The molecule has 10 heteroatoms. The van der Waals surface area contributed by atoms with Crippen LogP contribution < -0.4 is 21.9 Å². The zero-order chi connectivity index (χ0) is 21.8. The van der Waals surface area contributed by atoms with Crippen molar-refractivity contribution in [2.45, 2.75) is 45.8 Å². The summed E-state index contributed by atoms with van der Waals surface area (Å²) in [5, 5.41) is 0. The largest absolute Gasteiger partial charge is 0.416 e. The van der Waals surface area contributed by atoms with Crippen molar-refractivity contribution >= 4 is 17.4 Å². The van der Waals surface area contributed by atoms with E-state index in [9.17, 15) is 27.6 Å². The number of aromatic nitrogens is 2. The highest BCUT2D eigenvalue weighted by molar-refractivity contribution is 6.07. The molecule has 0 fully saturated rings. The van der Waals surface area contributed by atoms with Crippen molar-refractivity contribution in [1.82, 2.24) is 9.55 Å². The first-order chi connectivity index (χ1) is 13.6. The Bertz CT molecular complexity index is 995. The summed E-state index contributed by atoms with van der Waals surface area (Å²) < 4.78 is 40.2. The van der Waals surface area contributed by atoms with Gasteiger partial charge < -0.3 is 10.6 Å². The van der Waals surface area contributed by atoms with Gasteiger partial charge in [-0.15, -0.1) is 0 Å². The summed E-state index contributed by atoms with van der Waals surface area (Å²) in [7, 11) is 0. The Balaban J connectivity index is 2.59. The molecule has 0 aliphatic rings. The summed E-state index contributed by atoms with van der Waals surface area (Å²) in [6, 6.07) is 3.93.